The number of rotatable bonds is 8. The molecule has 2 heterocycles. The van der Waals surface area contributed by atoms with E-state index in [2.05, 4.69) is 39.3 Å². The zero-order valence-corrected chi connectivity index (χ0v) is 18.2. The van der Waals surface area contributed by atoms with Crippen molar-refractivity contribution in [3.8, 4) is 0 Å². The number of anilines is 1. The number of nitrogens with one attached hydrogen (secondary N) is 1. The van der Waals surface area contributed by atoms with Gasteiger partial charge in [0.2, 0.25) is 0 Å². The second-order valence-electron chi connectivity index (χ2n) is 8.26. The van der Waals surface area contributed by atoms with Crippen molar-refractivity contribution in [3.05, 3.63) is 30.6 Å². The first-order valence-electron chi connectivity index (χ1n) is 11.2. The average molecular weight is 411 g/mol. The van der Waals surface area contributed by atoms with E-state index >= 15 is 0 Å². The fourth-order valence-corrected chi connectivity index (χ4v) is 4.31. The van der Waals surface area contributed by atoms with Crippen molar-refractivity contribution in [2.75, 3.05) is 25.0 Å². The summed E-state index contributed by atoms with van der Waals surface area (Å²) in [6.45, 7) is 7.63. The van der Waals surface area contributed by atoms with Gasteiger partial charge in [0.05, 0.1) is 18.1 Å². The number of fused-ring (bicyclic) bond motifs is 1. The van der Waals surface area contributed by atoms with Crippen LogP contribution < -0.4 is 11.1 Å². The summed E-state index contributed by atoms with van der Waals surface area (Å²) in [5, 5.41) is 12.4. The van der Waals surface area contributed by atoms with Gasteiger partial charge in [0.1, 0.15) is 5.84 Å². The highest BCUT2D eigenvalue weighted by Gasteiger charge is 2.23. The summed E-state index contributed by atoms with van der Waals surface area (Å²) in [6.07, 6.45) is 10.4. The highest BCUT2D eigenvalue weighted by atomic mass is 16.2. The number of nitrogens with zero attached hydrogens (tertiary/aromatic N) is 4. The molecule has 1 aromatic heterocycles. The summed E-state index contributed by atoms with van der Waals surface area (Å²) >= 11 is 0. The SMILES string of the molecule is CCCC(CC)CCN1CCCC(/C(N)=N/C(=O)Nc2cccc3cnncc23)C1. The molecule has 0 radical (unpaired) electrons. The topological polar surface area (TPSA) is 96.5 Å². The Morgan fingerprint density at radius 1 is 1.30 bits per heavy atom. The first-order chi connectivity index (χ1) is 14.6. The number of hydrogen-bond acceptors (Lipinski definition) is 4. The van der Waals surface area contributed by atoms with E-state index in [1.165, 1.54) is 25.7 Å². The van der Waals surface area contributed by atoms with E-state index in [-0.39, 0.29) is 5.92 Å². The van der Waals surface area contributed by atoms with Crippen molar-refractivity contribution >= 4 is 28.3 Å². The number of benzene rings is 1. The lowest BCUT2D eigenvalue weighted by Crippen LogP contribution is -2.42. The molecule has 7 heteroatoms. The maximum Gasteiger partial charge on any atom is 0.347 e. The van der Waals surface area contributed by atoms with Crippen molar-refractivity contribution < 1.29 is 4.79 Å². The average Bonchev–Trinajstić information content (AvgIpc) is 2.77. The summed E-state index contributed by atoms with van der Waals surface area (Å²) in [6, 6.07) is 5.19. The van der Waals surface area contributed by atoms with E-state index in [0.29, 0.717) is 11.5 Å². The van der Waals surface area contributed by atoms with E-state index in [1.807, 2.05) is 18.2 Å². The van der Waals surface area contributed by atoms with Gasteiger partial charge in [-0.25, -0.2) is 4.79 Å². The fraction of sp³-hybridized carbons (Fsp3) is 0.565. The number of likely N-dealkylation sites (tertiary alicyclic amines) is 1. The summed E-state index contributed by atoms with van der Waals surface area (Å²) < 4.78 is 0. The number of piperidine rings is 1. The van der Waals surface area contributed by atoms with Crippen molar-refractivity contribution in [2.24, 2.45) is 22.6 Å². The van der Waals surface area contributed by atoms with Crippen LogP contribution in [0.1, 0.15) is 52.4 Å². The van der Waals surface area contributed by atoms with Crippen molar-refractivity contribution in [3.63, 3.8) is 0 Å². The van der Waals surface area contributed by atoms with Gasteiger partial charge in [-0.15, -0.1) is 0 Å². The third kappa shape index (κ3) is 5.98. The number of hydrogen-bond donors (Lipinski definition) is 2. The minimum absolute atomic E-state index is 0.133. The van der Waals surface area contributed by atoms with Crippen molar-refractivity contribution in [2.45, 2.75) is 52.4 Å². The van der Waals surface area contributed by atoms with Gasteiger partial charge in [-0.3, -0.25) is 0 Å². The molecule has 7 nitrogen and oxygen atoms in total. The molecule has 2 aromatic rings. The number of carbonyl (C=O) groups excluding carboxylic acids is 1. The molecule has 0 saturated carbocycles. The minimum Gasteiger partial charge on any atom is -0.387 e. The molecular formula is C23H34N6O. The number of amidine groups is 1. The molecular weight excluding hydrogens is 376 g/mol. The van der Waals surface area contributed by atoms with Crippen LogP contribution >= 0.6 is 0 Å². The second kappa shape index (κ2) is 11.0. The molecule has 1 aromatic carbocycles. The molecule has 0 aliphatic carbocycles. The van der Waals surface area contributed by atoms with Crippen LogP contribution in [0.5, 0.6) is 0 Å². The summed E-state index contributed by atoms with van der Waals surface area (Å²) in [5.74, 6) is 1.37. The Labute approximate surface area is 179 Å². The molecule has 2 unspecified atom stereocenters. The lowest BCUT2D eigenvalue weighted by Gasteiger charge is -2.33. The maximum absolute atomic E-state index is 12.5. The van der Waals surface area contributed by atoms with Crippen LogP contribution in [0.25, 0.3) is 10.8 Å². The third-order valence-electron chi connectivity index (χ3n) is 6.11. The largest absolute Gasteiger partial charge is 0.387 e. The lowest BCUT2D eigenvalue weighted by atomic mass is 9.94. The molecule has 1 aliphatic rings. The Balaban J connectivity index is 1.58. The molecule has 3 rings (SSSR count). The predicted molar refractivity (Wildman–Crippen MR) is 123 cm³/mol. The van der Waals surface area contributed by atoms with Crippen LogP contribution in [0.3, 0.4) is 0 Å². The Bertz CT molecular complexity index is 862. The lowest BCUT2D eigenvalue weighted by molar-refractivity contribution is 0.188. The van der Waals surface area contributed by atoms with E-state index in [4.69, 9.17) is 5.73 Å². The molecule has 1 saturated heterocycles. The van der Waals surface area contributed by atoms with Crippen LogP contribution in [-0.2, 0) is 0 Å². The van der Waals surface area contributed by atoms with Crippen LogP contribution in [0.2, 0.25) is 0 Å². The van der Waals surface area contributed by atoms with Crippen molar-refractivity contribution in [1.82, 2.24) is 15.1 Å². The first kappa shape index (κ1) is 22.2. The highest BCUT2D eigenvalue weighted by molar-refractivity contribution is 6.05. The van der Waals surface area contributed by atoms with Gasteiger partial charge < -0.3 is 16.0 Å². The third-order valence-corrected chi connectivity index (χ3v) is 6.11. The molecule has 2 amide bonds. The van der Waals surface area contributed by atoms with E-state index < -0.39 is 6.03 Å². The van der Waals surface area contributed by atoms with Gasteiger partial charge in [-0.2, -0.15) is 15.2 Å². The first-order valence-corrected chi connectivity index (χ1v) is 11.2. The number of aliphatic imine (C=N–C) groups is 1. The standard InChI is InChI=1S/C23H34N6O/c1-3-7-17(4-2)11-13-29-12-6-9-19(16-29)22(24)28-23(30)27-21-10-5-8-18-14-25-26-15-20(18)21/h5,8,10,14-15,17,19H,3-4,6-7,9,11-13,16H2,1-2H3,(H3,24,27,28,30). The minimum atomic E-state index is -0.442. The number of nitrogens with two attached hydrogens (primary N) is 1. The predicted octanol–water partition coefficient (Wildman–Crippen LogP) is 4.45. The molecule has 3 N–H and O–H groups in total. The van der Waals surface area contributed by atoms with Gasteiger partial charge in [-0.05, 0) is 44.3 Å². The molecule has 162 valence electrons. The van der Waals surface area contributed by atoms with E-state index in [1.54, 1.807) is 12.4 Å². The van der Waals surface area contributed by atoms with Gasteiger partial charge in [0.15, 0.2) is 0 Å². The Hall–Kier alpha value is -2.54. The molecule has 30 heavy (non-hydrogen) atoms. The second-order valence-corrected chi connectivity index (χ2v) is 8.26. The van der Waals surface area contributed by atoms with E-state index in [0.717, 1.165) is 49.2 Å². The monoisotopic (exact) mass is 410 g/mol. The normalized spacial score (nSPS) is 19.0. The van der Waals surface area contributed by atoms with Crippen LogP contribution in [0.15, 0.2) is 35.6 Å². The molecule has 2 atom stereocenters. The Kier molecular flexibility index (Phi) is 8.13. The zero-order chi connectivity index (χ0) is 21.3. The quantitative estimate of drug-likeness (QED) is 0.495. The number of urea groups is 1. The number of amides is 2. The van der Waals surface area contributed by atoms with Gasteiger partial charge >= 0.3 is 6.03 Å². The molecule has 0 bridgehead atoms. The smallest absolute Gasteiger partial charge is 0.347 e. The van der Waals surface area contributed by atoms with Crippen LogP contribution in [0, 0.1) is 11.8 Å². The summed E-state index contributed by atoms with van der Waals surface area (Å²) in [5.41, 5.74) is 6.91. The van der Waals surface area contributed by atoms with Gasteiger partial charge in [-0.1, -0.05) is 45.2 Å². The molecule has 1 aliphatic heterocycles. The van der Waals surface area contributed by atoms with Crippen LogP contribution in [0.4, 0.5) is 10.5 Å². The molecule has 0 spiro atoms. The fourth-order valence-electron chi connectivity index (χ4n) is 4.31. The van der Waals surface area contributed by atoms with E-state index in [9.17, 15) is 4.79 Å². The summed E-state index contributed by atoms with van der Waals surface area (Å²) in [4.78, 5) is 19.1. The van der Waals surface area contributed by atoms with Crippen molar-refractivity contribution in [1.29, 1.82) is 0 Å². The van der Waals surface area contributed by atoms with Gasteiger partial charge in [0, 0.05) is 23.2 Å². The summed E-state index contributed by atoms with van der Waals surface area (Å²) in [7, 11) is 0. The zero-order valence-electron chi connectivity index (χ0n) is 18.2. The number of carbonyl (C=O) groups is 1. The van der Waals surface area contributed by atoms with Crippen LogP contribution in [-0.4, -0.2) is 46.6 Å². The Morgan fingerprint density at radius 3 is 2.93 bits per heavy atom. The number of aromatic nitrogens is 2. The maximum atomic E-state index is 12.5. The molecule has 1 fully saturated rings. The highest BCUT2D eigenvalue weighted by Crippen LogP contribution is 2.23. The van der Waals surface area contributed by atoms with Gasteiger partial charge in [0.25, 0.3) is 0 Å². The Morgan fingerprint density at radius 2 is 2.13 bits per heavy atom.